The van der Waals surface area contributed by atoms with Crippen molar-refractivity contribution >= 4 is 10.9 Å². The Kier molecular flexibility index (Phi) is 3.64. The number of rotatable bonds is 5. The molecule has 0 aliphatic heterocycles. The van der Waals surface area contributed by atoms with Crippen LogP contribution in [0.4, 0.5) is 0 Å². The highest BCUT2D eigenvalue weighted by molar-refractivity contribution is 5.81. The van der Waals surface area contributed by atoms with Crippen LogP contribution in [0.1, 0.15) is 26.0 Å². The minimum Gasteiger partial charge on any atom is -0.299 e. The van der Waals surface area contributed by atoms with Gasteiger partial charge in [-0.05, 0) is 19.4 Å². The van der Waals surface area contributed by atoms with Gasteiger partial charge in [0.2, 0.25) is 0 Å². The third-order valence-corrected chi connectivity index (χ3v) is 3.74. The lowest BCUT2D eigenvalue weighted by molar-refractivity contribution is 0.611. The average molecular weight is 284 g/mol. The molecule has 3 aromatic rings. The van der Waals surface area contributed by atoms with E-state index in [-0.39, 0.29) is 5.69 Å². The minimum absolute atomic E-state index is 0.0342. The van der Waals surface area contributed by atoms with Crippen LogP contribution in [0, 0.1) is 0 Å². The summed E-state index contributed by atoms with van der Waals surface area (Å²) in [7, 11) is 0. The summed E-state index contributed by atoms with van der Waals surface area (Å²) in [6, 6.07) is 8.17. The number of nitrogens with zero attached hydrogens (tertiary/aromatic N) is 4. The predicted octanol–water partition coefficient (Wildman–Crippen LogP) is 2.48. The van der Waals surface area contributed by atoms with Gasteiger partial charge in [0.1, 0.15) is 0 Å². The Labute approximate surface area is 123 Å². The van der Waals surface area contributed by atoms with Crippen LogP contribution in [-0.2, 0) is 19.6 Å². The molecule has 0 bridgehead atoms. The fraction of sp³-hybridized carbons (Fsp3) is 0.375. The zero-order valence-electron chi connectivity index (χ0n) is 12.5. The van der Waals surface area contributed by atoms with E-state index in [4.69, 9.17) is 0 Å². The second-order valence-electron chi connectivity index (χ2n) is 5.18. The third-order valence-electron chi connectivity index (χ3n) is 3.74. The summed E-state index contributed by atoms with van der Waals surface area (Å²) in [5, 5.41) is 5.77. The maximum Gasteiger partial charge on any atom is 0.328 e. The summed E-state index contributed by atoms with van der Waals surface area (Å²) < 4.78 is 5.46. The zero-order chi connectivity index (χ0) is 14.8. The molecular weight excluding hydrogens is 264 g/mol. The van der Waals surface area contributed by atoms with Crippen molar-refractivity contribution in [3.05, 3.63) is 52.8 Å². The lowest BCUT2D eigenvalue weighted by atomic mass is 10.2. The number of hydrogen-bond acceptors (Lipinski definition) is 2. The largest absolute Gasteiger partial charge is 0.328 e. The van der Waals surface area contributed by atoms with Crippen LogP contribution in [0.2, 0.25) is 0 Å². The second-order valence-corrected chi connectivity index (χ2v) is 5.18. The second kappa shape index (κ2) is 5.60. The quantitative estimate of drug-likeness (QED) is 0.722. The molecular formula is C16H20N4O. The van der Waals surface area contributed by atoms with E-state index in [9.17, 15) is 4.79 Å². The van der Waals surface area contributed by atoms with Gasteiger partial charge in [0, 0.05) is 30.9 Å². The van der Waals surface area contributed by atoms with Crippen molar-refractivity contribution in [2.45, 2.75) is 39.9 Å². The molecule has 0 saturated carbocycles. The Morgan fingerprint density at radius 1 is 1.10 bits per heavy atom. The Hall–Kier alpha value is -2.30. The smallest absolute Gasteiger partial charge is 0.299 e. The van der Waals surface area contributed by atoms with E-state index in [2.05, 4.69) is 31.1 Å². The van der Waals surface area contributed by atoms with E-state index in [1.807, 2.05) is 29.2 Å². The van der Waals surface area contributed by atoms with Crippen LogP contribution in [0.3, 0.4) is 0 Å². The molecule has 0 fully saturated rings. The van der Waals surface area contributed by atoms with Crippen LogP contribution in [0.25, 0.3) is 10.9 Å². The van der Waals surface area contributed by atoms with Crippen LogP contribution in [0.15, 0.2) is 41.5 Å². The fourth-order valence-electron chi connectivity index (χ4n) is 2.70. The molecule has 0 radical (unpaired) electrons. The van der Waals surface area contributed by atoms with E-state index < -0.39 is 0 Å². The van der Waals surface area contributed by atoms with Gasteiger partial charge in [-0.2, -0.15) is 5.10 Å². The summed E-state index contributed by atoms with van der Waals surface area (Å²) >= 11 is 0. The van der Waals surface area contributed by atoms with Gasteiger partial charge in [-0.15, -0.1) is 0 Å². The Bertz CT molecular complexity index is 809. The van der Waals surface area contributed by atoms with Crippen LogP contribution < -0.4 is 5.69 Å². The van der Waals surface area contributed by atoms with E-state index in [1.165, 1.54) is 0 Å². The van der Waals surface area contributed by atoms with Crippen molar-refractivity contribution in [2.24, 2.45) is 0 Å². The minimum atomic E-state index is 0.0342. The van der Waals surface area contributed by atoms with Gasteiger partial charge in [-0.1, -0.05) is 25.1 Å². The molecule has 0 aliphatic carbocycles. The molecule has 0 N–H and O–H groups in total. The summed E-state index contributed by atoms with van der Waals surface area (Å²) in [6.45, 7) is 6.25. The predicted molar refractivity (Wildman–Crippen MR) is 83.5 cm³/mol. The average Bonchev–Trinajstić information content (AvgIpc) is 3.03. The van der Waals surface area contributed by atoms with Crippen molar-refractivity contribution in [1.29, 1.82) is 0 Å². The SMILES string of the molecule is CCCn1ccn(Cc2nn(CC)c3ccccc23)c1=O. The van der Waals surface area contributed by atoms with Crippen molar-refractivity contribution in [2.75, 3.05) is 0 Å². The molecule has 2 aromatic heterocycles. The summed E-state index contributed by atoms with van der Waals surface area (Å²) in [5.74, 6) is 0. The molecule has 0 atom stereocenters. The molecule has 5 heteroatoms. The monoisotopic (exact) mass is 284 g/mol. The van der Waals surface area contributed by atoms with Gasteiger partial charge in [0.15, 0.2) is 0 Å². The molecule has 2 heterocycles. The molecule has 0 spiro atoms. The topological polar surface area (TPSA) is 44.8 Å². The van der Waals surface area contributed by atoms with Crippen molar-refractivity contribution in [1.82, 2.24) is 18.9 Å². The molecule has 0 aliphatic rings. The number of aromatic nitrogens is 4. The first-order valence-corrected chi connectivity index (χ1v) is 7.44. The lowest BCUT2D eigenvalue weighted by Gasteiger charge is -2.00. The van der Waals surface area contributed by atoms with E-state index in [1.54, 1.807) is 9.13 Å². The van der Waals surface area contributed by atoms with Crippen LogP contribution in [-0.4, -0.2) is 18.9 Å². The lowest BCUT2D eigenvalue weighted by Crippen LogP contribution is -2.24. The molecule has 3 rings (SSSR count). The Morgan fingerprint density at radius 2 is 1.86 bits per heavy atom. The zero-order valence-corrected chi connectivity index (χ0v) is 12.5. The van der Waals surface area contributed by atoms with Gasteiger partial charge in [0.05, 0.1) is 17.8 Å². The standard InChI is InChI=1S/C16H20N4O/c1-3-9-18-10-11-19(16(18)21)12-14-13-7-5-6-8-15(13)20(4-2)17-14/h5-8,10-11H,3-4,9,12H2,1-2H3. The molecule has 1 aromatic carbocycles. The fourth-order valence-corrected chi connectivity index (χ4v) is 2.70. The summed E-state index contributed by atoms with van der Waals surface area (Å²) in [5.41, 5.74) is 2.10. The van der Waals surface area contributed by atoms with E-state index in [0.717, 1.165) is 36.1 Å². The Balaban J connectivity index is 2.00. The number of fused-ring (bicyclic) bond motifs is 1. The van der Waals surface area contributed by atoms with Crippen molar-refractivity contribution in [3.8, 4) is 0 Å². The highest BCUT2D eigenvalue weighted by Crippen LogP contribution is 2.18. The van der Waals surface area contributed by atoms with Crippen molar-refractivity contribution < 1.29 is 0 Å². The highest BCUT2D eigenvalue weighted by atomic mass is 16.1. The Morgan fingerprint density at radius 3 is 2.62 bits per heavy atom. The maximum atomic E-state index is 12.3. The third kappa shape index (κ3) is 2.39. The van der Waals surface area contributed by atoms with Crippen molar-refractivity contribution in [3.63, 3.8) is 0 Å². The first-order chi connectivity index (χ1) is 10.2. The molecule has 5 nitrogen and oxygen atoms in total. The van der Waals surface area contributed by atoms with Gasteiger partial charge >= 0.3 is 5.69 Å². The number of para-hydroxylation sites is 1. The molecule has 0 amide bonds. The van der Waals surface area contributed by atoms with Gasteiger partial charge in [0.25, 0.3) is 0 Å². The normalized spacial score (nSPS) is 11.3. The van der Waals surface area contributed by atoms with E-state index >= 15 is 0 Å². The van der Waals surface area contributed by atoms with Gasteiger partial charge < -0.3 is 0 Å². The van der Waals surface area contributed by atoms with Gasteiger partial charge in [-0.3, -0.25) is 13.8 Å². The van der Waals surface area contributed by atoms with Crippen LogP contribution in [0.5, 0.6) is 0 Å². The van der Waals surface area contributed by atoms with Gasteiger partial charge in [-0.25, -0.2) is 4.79 Å². The molecule has 0 unspecified atom stereocenters. The molecule has 0 saturated heterocycles. The van der Waals surface area contributed by atoms with E-state index in [0.29, 0.717) is 6.54 Å². The highest BCUT2D eigenvalue weighted by Gasteiger charge is 2.11. The number of benzene rings is 1. The molecule has 21 heavy (non-hydrogen) atoms. The van der Waals surface area contributed by atoms with Crippen LogP contribution >= 0.6 is 0 Å². The summed E-state index contributed by atoms with van der Waals surface area (Å²) in [6.07, 6.45) is 4.65. The number of aryl methyl sites for hydroxylation is 2. The molecule has 110 valence electrons. The summed E-state index contributed by atoms with van der Waals surface area (Å²) in [4.78, 5) is 12.3. The number of hydrogen-bond donors (Lipinski definition) is 0. The first-order valence-electron chi connectivity index (χ1n) is 7.44. The maximum absolute atomic E-state index is 12.3. The number of imidazole rings is 1. The first kappa shape index (κ1) is 13.7.